The number of aromatic nitrogens is 1. The molecule has 0 atom stereocenters. The molecule has 0 saturated carbocycles. The summed E-state index contributed by atoms with van der Waals surface area (Å²) in [6.45, 7) is 2.02. The van der Waals surface area contributed by atoms with Crippen LogP contribution < -0.4 is 5.32 Å². The van der Waals surface area contributed by atoms with Gasteiger partial charge in [-0.1, -0.05) is 76.9 Å². The van der Waals surface area contributed by atoms with Gasteiger partial charge in [0.25, 0.3) is 0 Å². The van der Waals surface area contributed by atoms with Crippen LogP contribution in [0.15, 0.2) is 83.9 Å². The van der Waals surface area contributed by atoms with E-state index in [1.807, 2.05) is 49.4 Å². The van der Waals surface area contributed by atoms with Crippen molar-refractivity contribution in [2.45, 2.75) is 11.9 Å². The first-order valence-corrected chi connectivity index (χ1v) is 12.1. The van der Waals surface area contributed by atoms with Crippen molar-refractivity contribution in [2.24, 2.45) is 0 Å². The van der Waals surface area contributed by atoms with Crippen LogP contribution in [-0.2, 0) is 4.79 Å². The number of aryl methyl sites for hydroxylation is 1. The summed E-state index contributed by atoms with van der Waals surface area (Å²) in [6, 6.07) is 26.5. The highest BCUT2D eigenvalue weighted by molar-refractivity contribution is 8.00. The number of anilines is 1. The molecular weight excluding hydrogens is 485 g/mol. The van der Waals surface area contributed by atoms with Crippen molar-refractivity contribution in [3.63, 3.8) is 0 Å². The second kappa shape index (κ2) is 10.8. The third-order valence-corrected chi connectivity index (χ3v) is 6.55. The summed E-state index contributed by atoms with van der Waals surface area (Å²) in [5.74, 6) is -0.103. The molecule has 3 aromatic carbocycles. The van der Waals surface area contributed by atoms with Crippen LogP contribution in [0.3, 0.4) is 0 Å². The number of thioether (sulfide) groups is 1. The molecule has 4 rings (SSSR count). The third kappa shape index (κ3) is 5.78. The Labute approximate surface area is 212 Å². The molecule has 1 heterocycles. The SMILES string of the molecule is Cc1ccc(-c2cc(-c3ccc(Cl)cc3)nc(SCC(=O)Nc3ccc(Cl)cc3)c2C#N)cc1. The number of carbonyl (C=O) groups excluding carboxylic acids is 1. The smallest absolute Gasteiger partial charge is 0.234 e. The summed E-state index contributed by atoms with van der Waals surface area (Å²) in [7, 11) is 0. The molecule has 168 valence electrons. The highest BCUT2D eigenvalue weighted by Gasteiger charge is 2.17. The first-order chi connectivity index (χ1) is 16.4. The van der Waals surface area contributed by atoms with Crippen molar-refractivity contribution in [1.29, 1.82) is 5.26 Å². The summed E-state index contributed by atoms with van der Waals surface area (Å²) in [5, 5.41) is 14.6. The minimum absolute atomic E-state index is 0.0989. The van der Waals surface area contributed by atoms with Crippen LogP contribution in [0.1, 0.15) is 11.1 Å². The van der Waals surface area contributed by atoms with Crippen LogP contribution in [0.4, 0.5) is 5.69 Å². The average molecular weight is 504 g/mol. The number of pyridine rings is 1. The van der Waals surface area contributed by atoms with E-state index < -0.39 is 0 Å². The minimum atomic E-state index is -0.202. The number of benzene rings is 3. The number of nitrogens with one attached hydrogen (secondary N) is 1. The standard InChI is InChI=1S/C27H19Cl2N3OS/c1-17-2-4-18(5-3-17)23-14-25(19-6-8-20(28)9-7-19)32-27(24(23)15-30)34-16-26(33)31-22-12-10-21(29)11-13-22/h2-14H,16H2,1H3,(H,31,33). The first kappa shape index (κ1) is 23.8. The molecule has 0 bridgehead atoms. The average Bonchev–Trinajstić information content (AvgIpc) is 2.84. The molecule has 0 unspecified atom stereocenters. The maximum absolute atomic E-state index is 12.6. The molecule has 0 spiro atoms. The van der Waals surface area contributed by atoms with E-state index in [9.17, 15) is 10.1 Å². The summed E-state index contributed by atoms with van der Waals surface area (Å²) in [4.78, 5) is 17.3. The lowest BCUT2D eigenvalue weighted by molar-refractivity contribution is -0.113. The lowest BCUT2D eigenvalue weighted by Gasteiger charge is -2.13. The molecular formula is C27H19Cl2N3OS. The largest absolute Gasteiger partial charge is 0.325 e. The highest BCUT2D eigenvalue weighted by atomic mass is 35.5. The van der Waals surface area contributed by atoms with E-state index in [0.717, 1.165) is 22.3 Å². The van der Waals surface area contributed by atoms with Gasteiger partial charge in [-0.3, -0.25) is 4.79 Å². The van der Waals surface area contributed by atoms with Gasteiger partial charge in [0, 0.05) is 26.9 Å². The predicted molar refractivity (Wildman–Crippen MR) is 140 cm³/mol. The predicted octanol–water partition coefficient (Wildman–Crippen LogP) is 7.63. The maximum Gasteiger partial charge on any atom is 0.234 e. The number of amides is 1. The molecule has 0 aliphatic rings. The molecule has 1 amide bonds. The number of hydrogen-bond donors (Lipinski definition) is 1. The van der Waals surface area contributed by atoms with E-state index in [1.165, 1.54) is 11.8 Å². The summed E-state index contributed by atoms with van der Waals surface area (Å²) in [6.07, 6.45) is 0. The maximum atomic E-state index is 12.6. The number of rotatable bonds is 6. The monoisotopic (exact) mass is 503 g/mol. The van der Waals surface area contributed by atoms with Crippen molar-refractivity contribution in [2.75, 3.05) is 11.1 Å². The van der Waals surface area contributed by atoms with Gasteiger partial charge < -0.3 is 5.32 Å². The second-order valence-electron chi connectivity index (χ2n) is 7.56. The van der Waals surface area contributed by atoms with Gasteiger partial charge in [0.15, 0.2) is 0 Å². The Morgan fingerprint density at radius 2 is 1.53 bits per heavy atom. The van der Waals surface area contributed by atoms with Gasteiger partial charge in [-0.2, -0.15) is 5.26 Å². The van der Waals surface area contributed by atoms with Gasteiger partial charge in [0.1, 0.15) is 11.1 Å². The number of nitriles is 1. The fourth-order valence-electron chi connectivity index (χ4n) is 3.33. The summed E-state index contributed by atoms with van der Waals surface area (Å²) < 4.78 is 0. The van der Waals surface area contributed by atoms with Crippen LogP contribution in [0.2, 0.25) is 10.0 Å². The van der Waals surface area contributed by atoms with E-state index in [2.05, 4.69) is 11.4 Å². The molecule has 1 aromatic heterocycles. The van der Waals surface area contributed by atoms with Gasteiger partial charge in [-0.15, -0.1) is 0 Å². The Bertz CT molecular complexity index is 1360. The molecule has 0 saturated heterocycles. The Hall–Kier alpha value is -3.30. The number of hydrogen-bond acceptors (Lipinski definition) is 4. The van der Waals surface area contributed by atoms with Crippen LogP contribution >= 0.6 is 35.0 Å². The number of carbonyl (C=O) groups is 1. The van der Waals surface area contributed by atoms with E-state index in [0.29, 0.717) is 32.0 Å². The summed E-state index contributed by atoms with van der Waals surface area (Å²) >= 11 is 13.2. The Kier molecular flexibility index (Phi) is 7.54. The lowest BCUT2D eigenvalue weighted by Crippen LogP contribution is -2.14. The minimum Gasteiger partial charge on any atom is -0.325 e. The molecule has 0 aliphatic heterocycles. The fraction of sp³-hybridized carbons (Fsp3) is 0.0741. The molecule has 0 radical (unpaired) electrons. The van der Waals surface area contributed by atoms with E-state index in [4.69, 9.17) is 28.2 Å². The van der Waals surface area contributed by atoms with Gasteiger partial charge in [0.2, 0.25) is 5.91 Å². The van der Waals surface area contributed by atoms with Crippen molar-refractivity contribution in [3.8, 4) is 28.5 Å². The first-order valence-electron chi connectivity index (χ1n) is 10.4. The third-order valence-electron chi connectivity index (χ3n) is 5.07. The zero-order chi connectivity index (χ0) is 24.1. The quantitative estimate of drug-likeness (QED) is 0.274. The van der Waals surface area contributed by atoms with Crippen LogP contribution in [0.5, 0.6) is 0 Å². The molecule has 4 nitrogen and oxygen atoms in total. The second-order valence-corrected chi connectivity index (χ2v) is 9.40. The highest BCUT2D eigenvalue weighted by Crippen LogP contribution is 2.34. The van der Waals surface area contributed by atoms with E-state index >= 15 is 0 Å². The summed E-state index contributed by atoms with van der Waals surface area (Å²) in [5.41, 5.74) is 5.46. The van der Waals surface area contributed by atoms with E-state index in [1.54, 1.807) is 36.4 Å². The lowest BCUT2D eigenvalue weighted by atomic mass is 9.98. The zero-order valence-electron chi connectivity index (χ0n) is 18.2. The molecule has 7 heteroatoms. The van der Waals surface area contributed by atoms with Gasteiger partial charge in [-0.25, -0.2) is 4.98 Å². The molecule has 1 N–H and O–H groups in total. The van der Waals surface area contributed by atoms with Crippen molar-refractivity contribution in [1.82, 2.24) is 4.98 Å². The van der Waals surface area contributed by atoms with Crippen molar-refractivity contribution >= 4 is 46.6 Å². The van der Waals surface area contributed by atoms with Gasteiger partial charge in [-0.05, 0) is 55.0 Å². The topological polar surface area (TPSA) is 65.8 Å². The zero-order valence-corrected chi connectivity index (χ0v) is 20.5. The Balaban J connectivity index is 1.68. The van der Waals surface area contributed by atoms with Crippen LogP contribution in [0, 0.1) is 18.3 Å². The Morgan fingerprint density at radius 3 is 2.15 bits per heavy atom. The van der Waals surface area contributed by atoms with E-state index in [-0.39, 0.29) is 11.7 Å². The molecule has 0 fully saturated rings. The molecule has 0 aliphatic carbocycles. The van der Waals surface area contributed by atoms with Gasteiger partial charge >= 0.3 is 0 Å². The Morgan fingerprint density at radius 1 is 0.941 bits per heavy atom. The van der Waals surface area contributed by atoms with Crippen molar-refractivity contribution in [3.05, 3.63) is 100 Å². The van der Waals surface area contributed by atoms with Gasteiger partial charge in [0.05, 0.1) is 17.0 Å². The fourth-order valence-corrected chi connectivity index (χ4v) is 4.38. The van der Waals surface area contributed by atoms with Crippen LogP contribution in [0.25, 0.3) is 22.4 Å². The number of halogens is 2. The van der Waals surface area contributed by atoms with Crippen LogP contribution in [-0.4, -0.2) is 16.6 Å². The molecule has 4 aromatic rings. The number of nitrogens with zero attached hydrogens (tertiary/aromatic N) is 2. The van der Waals surface area contributed by atoms with Crippen molar-refractivity contribution < 1.29 is 4.79 Å². The molecule has 34 heavy (non-hydrogen) atoms. The normalized spacial score (nSPS) is 10.5.